The molecular formula is C18H25N4O+. The third-order valence-electron chi connectivity index (χ3n) is 4.89. The third kappa shape index (κ3) is 3.37. The summed E-state index contributed by atoms with van der Waals surface area (Å²) in [6, 6.07) is 5.96. The standard InChI is InChI=1S/C18H25N4O/c1-13-11-14(18(23)22-9-7-21(2)8-10-22)3-4-15(13)16-5-6-20-12-17(16)19/h3-4,6,11-12,16-17H,5,7-10,19H2,1-2H3/q+1. The molecule has 0 radical (unpaired) electrons. The molecule has 5 nitrogen and oxygen atoms in total. The van der Waals surface area contributed by atoms with Crippen LogP contribution in [0, 0.1) is 6.92 Å². The van der Waals surface area contributed by atoms with Gasteiger partial charge in [0.1, 0.15) is 6.04 Å². The number of carbonyl (C=O) groups excluding carboxylic acids is 1. The molecule has 0 saturated carbocycles. The first kappa shape index (κ1) is 15.9. The molecule has 2 aliphatic rings. The van der Waals surface area contributed by atoms with Crippen LogP contribution >= 0.6 is 0 Å². The fourth-order valence-corrected chi connectivity index (χ4v) is 3.35. The average Bonchev–Trinajstić information content (AvgIpc) is 2.56. The van der Waals surface area contributed by atoms with E-state index >= 15 is 0 Å². The van der Waals surface area contributed by atoms with Gasteiger partial charge in [0.15, 0.2) is 0 Å². The number of hydrogen-bond acceptors (Lipinski definition) is 3. The lowest BCUT2D eigenvalue weighted by atomic mass is 9.85. The maximum absolute atomic E-state index is 12.7. The molecule has 1 saturated heterocycles. The Kier molecular flexibility index (Phi) is 4.62. The Morgan fingerprint density at radius 2 is 2.00 bits per heavy atom. The van der Waals surface area contributed by atoms with Gasteiger partial charge < -0.3 is 15.5 Å². The van der Waals surface area contributed by atoms with Gasteiger partial charge in [0, 0.05) is 37.7 Å². The van der Waals surface area contributed by atoms with Gasteiger partial charge in [-0.1, -0.05) is 6.07 Å². The molecule has 1 fully saturated rings. The highest BCUT2D eigenvalue weighted by Gasteiger charge is 2.27. The maximum atomic E-state index is 12.7. The van der Waals surface area contributed by atoms with E-state index in [1.54, 1.807) is 6.21 Å². The van der Waals surface area contributed by atoms with E-state index in [0.717, 1.165) is 43.7 Å². The van der Waals surface area contributed by atoms with Crippen molar-refractivity contribution in [3.05, 3.63) is 34.9 Å². The van der Waals surface area contributed by atoms with E-state index in [9.17, 15) is 4.79 Å². The van der Waals surface area contributed by atoms with Crippen LogP contribution in [0.1, 0.15) is 33.8 Å². The molecule has 1 aromatic carbocycles. The number of nitrogens with two attached hydrogens (primary N) is 1. The molecule has 0 bridgehead atoms. The molecule has 2 atom stereocenters. The van der Waals surface area contributed by atoms with Crippen molar-refractivity contribution in [1.29, 1.82) is 0 Å². The molecule has 5 heteroatoms. The zero-order valence-corrected chi connectivity index (χ0v) is 13.9. The van der Waals surface area contributed by atoms with Gasteiger partial charge in [-0.2, -0.15) is 0 Å². The van der Waals surface area contributed by atoms with Gasteiger partial charge in [-0.3, -0.25) is 4.79 Å². The lowest BCUT2D eigenvalue weighted by Crippen LogP contribution is -2.47. The van der Waals surface area contributed by atoms with Crippen molar-refractivity contribution in [2.24, 2.45) is 5.73 Å². The van der Waals surface area contributed by atoms with Crippen LogP contribution in [0.2, 0.25) is 0 Å². The van der Waals surface area contributed by atoms with E-state index in [4.69, 9.17) is 5.73 Å². The van der Waals surface area contributed by atoms with Gasteiger partial charge in [-0.05, 0) is 37.2 Å². The van der Waals surface area contributed by atoms with Gasteiger partial charge in [0.05, 0.1) is 6.42 Å². The Morgan fingerprint density at radius 1 is 1.26 bits per heavy atom. The van der Waals surface area contributed by atoms with Crippen LogP contribution in [0.5, 0.6) is 0 Å². The summed E-state index contributed by atoms with van der Waals surface area (Å²) in [5, 5.41) is 0. The normalized spacial score (nSPS) is 24.9. The second-order valence-corrected chi connectivity index (χ2v) is 6.57. The number of piperazine rings is 1. The highest BCUT2D eigenvalue weighted by Crippen LogP contribution is 2.26. The van der Waals surface area contributed by atoms with E-state index < -0.39 is 0 Å². The number of hydrogen-bond donors (Lipinski definition) is 1. The first-order valence-electron chi connectivity index (χ1n) is 8.25. The maximum Gasteiger partial charge on any atom is 0.285 e. The minimum atomic E-state index is -0.0575. The smallest absolute Gasteiger partial charge is 0.285 e. The molecule has 0 aromatic heterocycles. The molecule has 1 aromatic rings. The first-order chi connectivity index (χ1) is 11.1. The summed E-state index contributed by atoms with van der Waals surface area (Å²) in [4.78, 5) is 16.9. The summed E-state index contributed by atoms with van der Waals surface area (Å²) in [7, 11) is 2.09. The summed E-state index contributed by atoms with van der Waals surface area (Å²) in [6.07, 6.45) is 4.57. The quantitative estimate of drug-likeness (QED) is 0.804. The van der Waals surface area contributed by atoms with Crippen LogP contribution in [0.4, 0.5) is 0 Å². The number of benzene rings is 1. The molecule has 3 rings (SSSR count). The van der Waals surface area contributed by atoms with Gasteiger partial charge in [-0.25, -0.2) is 0 Å². The van der Waals surface area contributed by atoms with Gasteiger partial charge in [0.2, 0.25) is 0 Å². The molecule has 122 valence electrons. The van der Waals surface area contributed by atoms with Crippen molar-refractivity contribution in [1.82, 2.24) is 14.5 Å². The molecule has 1 amide bonds. The summed E-state index contributed by atoms with van der Waals surface area (Å²) < 4.78 is 4.14. The molecule has 0 aliphatic carbocycles. The zero-order chi connectivity index (χ0) is 16.4. The Labute approximate surface area is 137 Å². The number of rotatable bonds is 2. The van der Waals surface area contributed by atoms with Gasteiger partial charge in [-0.15, -0.1) is 4.67 Å². The number of carbonyl (C=O) groups is 1. The Balaban J connectivity index is 1.77. The van der Waals surface area contributed by atoms with Crippen LogP contribution in [-0.2, 0) is 0 Å². The lowest BCUT2D eigenvalue weighted by Gasteiger charge is -2.32. The van der Waals surface area contributed by atoms with E-state index in [0.29, 0.717) is 0 Å². The predicted octanol–water partition coefficient (Wildman–Crippen LogP) is 0.406. The first-order valence-corrected chi connectivity index (χ1v) is 8.25. The molecule has 2 aliphatic heterocycles. The van der Waals surface area contributed by atoms with Crippen molar-refractivity contribution in [3.63, 3.8) is 0 Å². The third-order valence-corrected chi connectivity index (χ3v) is 4.89. The summed E-state index contributed by atoms with van der Waals surface area (Å²) in [5.74, 6) is 0.383. The van der Waals surface area contributed by atoms with E-state index in [1.165, 1.54) is 5.56 Å². The Morgan fingerprint density at radius 3 is 2.65 bits per heavy atom. The number of nitrogens with zero attached hydrogens (tertiary/aromatic N) is 3. The lowest BCUT2D eigenvalue weighted by molar-refractivity contribution is 0.0664. The fraction of sp³-hybridized carbons (Fsp3) is 0.500. The van der Waals surface area contributed by atoms with Crippen LogP contribution in [0.25, 0.3) is 0 Å². The molecule has 2 heterocycles. The minimum absolute atomic E-state index is 0.0575. The van der Waals surface area contributed by atoms with E-state index in [1.807, 2.05) is 23.2 Å². The number of likely N-dealkylation sites (N-methyl/N-ethyl adjacent to an activating group) is 1. The molecule has 2 N–H and O–H groups in total. The van der Waals surface area contributed by atoms with Crippen molar-refractivity contribution >= 4 is 18.3 Å². The SMILES string of the molecule is Cc1cc(C(=O)N2CCN(C)CC2)ccc1C1CC=[N+]=CC1N. The van der Waals surface area contributed by atoms with Crippen molar-refractivity contribution in [2.75, 3.05) is 33.2 Å². The highest BCUT2D eigenvalue weighted by molar-refractivity contribution is 5.94. The largest absolute Gasteiger partial charge is 0.336 e. The second-order valence-electron chi connectivity index (χ2n) is 6.57. The minimum Gasteiger partial charge on any atom is -0.336 e. The van der Waals surface area contributed by atoms with Crippen molar-refractivity contribution < 1.29 is 4.79 Å². The van der Waals surface area contributed by atoms with E-state index in [2.05, 4.69) is 29.6 Å². The summed E-state index contributed by atoms with van der Waals surface area (Å²) in [6.45, 7) is 5.54. The topological polar surface area (TPSA) is 63.7 Å². The van der Waals surface area contributed by atoms with Crippen molar-refractivity contribution in [2.45, 2.75) is 25.3 Å². The summed E-state index contributed by atoms with van der Waals surface area (Å²) >= 11 is 0. The van der Waals surface area contributed by atoms with E-state index in [-0.39, 0.29) is 17.9 Å². The Bertz CT molecular complexity index is 655. The van der Waals surface area contributed by atoms with Gasteiger partial charge in [0.25, 0.3) is 18.3 Å². The van der Waals surface area contributed by atoms with Crippen molar-refractivity contribution in [3.8, 4) is 0 Å². The zero-order valence-electron chi connectivity index (χ0n) is 13.9. The predicted molar refractivity (Wildman–Crippen MR) is 94.2 cm³/mol. The number of aryl methyl sites for hydroxylation is 1. The summed E-state index contributed by atoms with van der Waals surface area (Å²) in [5.41, 5.74) is 9.29. The average molecular weight is 313 g/mol. The molecular weight excluding hydrogens is 288 g/mol. The highest BCUT2D eigenvalue weighted by atomic mass is 16.2. The van der Waals surface area contributed by atoms with Crippen LogP contribution in [0.3, 0.4) is 0 Å². The molecule has 0 spiro atoms. The fourth-order valence-electron chi connectivity index (χ4n) is 3.35. The second kappa shape index (κ2) is 6.67. The van der Waals surface area contributed by atoms with Crippen LogP contribution in [-0.4, -0.2) is 67.4 Å². The monoisotopic (exact) mass is 313 g/mol. The van der Waals surface area contributed by atoms with Gasteiger partial charge >= 0.3 is 0 Å². The molecule has 23 heavy (non-hydrogen) atoms. The van der Waals surface area contributed by atoms with Crippen LogP contribution in [0.15, 0.2) is 18.2 Å². The molecule has 2 unspecified atom stereocenters. The number of amides is 1. The Hall–Kier alpha value is -1.94. The van der Waals surface area contributed by atoms with Crippen LogP contribution < -0.4 is 10.4 Å².